The highest BCUT2D eigenvalue weighted by Gasteiger charge is 2.39. The molecule has 3 N–H and O–H groups in total. The Morgan fingerprint density at radius 3 is 2.71 bits per heavy atom. The van der Waals surface area contributed by atoms with Crippen molar-refractivity contribution in [2.24, 2.45) is 11.8 Å². The minimum Gasteiger partial charge on any atom is -0.331 e. The summed E-state index contributed by atoms with van der Waals surface area (Å²) in [6.45, 7) is 2.27. The van der Waals surface area contributed by atoms with Gasteiger partial charge in [-0.1, -0.05) is 42.8 Å². The number of allylic oxidation sites excluding steroid dienone is 4. The number of benzene rings is 2. The van der Waals surface area contributed by atoms with Crippen LogP contribution in [0.15, 0.2) is 114 Å². The molecule has 6 rings (SSSR count). The Morgan fingerprint density at radius 2 is 1.95 bits per heavy atom. The van der Waals surface area contributed by atoms with E-state index < -0.39 is 0 Å². The number of hydrogen-bond acceptors (Lipinski definition) is 4. The minimum atomic E-state index is -0.244. The standard InChI is InChI=1S/C31H30FN5O/c1-20-27-19-34-37(26-13-11-24(32)12-14-26)29(27)17-23-10-9-22(30(20)23)16-28(21-6-3-2-4-7-21)36-31(38)35-25-8-5-15-33-18-25/h2-8,11-15,17-20,22,28,34H,9-10,16H2,1H3,(H2,35,36,38)/t20-,22+,28?/m0/s1. The number of halogens is 1. The molecule has 3 aliphatic rings. The first-order valence-electron chi connectivity index (χ1n) is 13.1. The van der Waals surface area contributed by atoms with Gasteiger partial charge in [-0.25, -0.2) is 9.18 Å². The lowest BCUT2D eigenvalue weighted by Crippen LogP contribution is -2.34. The third kappa shape index (κ3) is 4.67. The van der Waals surface area contributed by atoms with Gasteiger partial charge in [0.15, 0.2) is 0 Å². The number of pyridine rings is 1. The molecule has 1 unspecified atom stereocenters. The number of hydrazine groups is 1. The Balaban J connectivity index is 1.24. The maximum absolute atomic E-state index is 13.5. The Hall–Kier alpha value is -4.39. The first-order valence-corrected chi connectivity index (χ1v) is 13.1. The fraction of sp³-hybridized carbons (Fsp3) is 0.226. The number of anilines is 2. The van der Waals surface area contributed by atoms with Crippen molar-refractivity contribution in [3.05, 3.63) is 125 Å². The maximum atomic E-state index is 13.5. The SMILES string of the molecule is C[C@H]1C2=CNN(c3ccc(F)cc3)C2=CC2=C1[C@@H](CC(NC(=O)Nc1cccnc1)c1ccccc1)CC2. The van der Waals surface area contributed by atoms with Crippen LogP contribution in [-0.2, 0) is 0 Å². The van der Waals surface area contributed by atoms with Crippen molar-refractivity contribution in [2.45, 2.75) is 32.2 Å². The van der Waals surface area contributed by atoms with Gasteiger partial charge in [-0.3, -0.25) is 9.99 Å². The van der Waals surface area contributed by atoms with Crippen LogP contribution in [0.1, 0.15) is 37.8 Å². The van der Waals surface area contributed by atoms with Gasteiger partial charge in [-0.15, -0.1) is 0 Å². The third-order valence-electron chi connectivity index (χ3n) is 7.73. The van der Waals surface area contributed by atoms with Crippen LogP contribution in [0.25, 0.3) is 0 Å². The Bertz CT molecular complexity index is 1420. The van der Waals surface area contributed by atoms with Gasteiger partial charge in [0.05, 0.1) is 29.3 Å². The largest absolute Gasteiger partial charge is 0.331 e. The lowest BCUT2D eigenvalue weighted by atomic mass is 9.78. The van der Waals surface area contributed by atoms with E-state index in [4.69, 9.17) is 0 Å². The Morgan fingerprint density at radius 1 is 1.13 bits per heavy atom. The number of nitrogens with one attached hydrogen (secondary N) is 3. The Kier molecular flexibility index (Phi) is 6.42. The molecule has 6 nitrogen and oxygen atoms in total. The summed E-state index contributed by atoms with van der Waals surface area (Å²) in [5.41, 5.74) is 11.2. The van der Waals surface area contributed by atoms with Crippen molar-refractivity contribution in [2.75, 3.05) is 10.3 Å². The molecule has 2 heterocycles. The van der Waals surface area contributed by atoms with E-state index in [1.54, 1.807) is 30.6 Å². The van der Waals surface area contributed by atoms with E-state index in [0.29, 0.717) is 11.6 Å². The topological polar surface area (TPSA) is 69.3 Å². The van der Waals surface area contributed by atoms with Crippen molar-refractivity contribution in [1.82, 2.24) is 15.7 Å². The first-order chi connectivity index (χ1) is 18.6. The average molecular weight is 508 g/mol. The predicted molar refractivity (Wildman–Crippen MR) is 147 cm³/mol. The number of amides is 2. The molecule has 38 heavy (non-hydrogen) atoms. The number of aromatic nitrogens is 1. The van der Waals surface area contributed by atoms with E-state index in [9.17, 15) is 9.18 Å². The zero-order chi connectivity index (χ0) is 26.1. The van der Waals surface area contributed by atoms with Crippen LogP contribution in [0.3, 0.4) is 0 Å². The van der Waals surface area contributed by atoms with Gasteiger partial charge in [-0.2, -0.15) is 0 Å². The molecular formula is C31H30FN5O. The number of carbonyl (C=O) groups excluding carboxylic acids is 1. The number of fused-ring (bicyclic) bond motifs is 1. The van der Waals surface area contributed by atoms with Gasteiger partial charge in [0.1, 0.15) is 5.82 Å². The van der Waals surface area contributed by atoms with Gasteiger partial charge in [0, 0.05) is 23.9 Å². The zero-order valence-corrected chi connectivity index (χ0v) is 21.2. The normalized spacial score (nSPS) is 20.6. The van der Waals surface area contributed by atoms with Gasteiger partial charge in [0.25, 0.3) is 0 Å². The van der Waals surface area contributed by atoms with E-state index >= 15 is 0 Å². The van der Waals surface area contributed by atoms with Crippen LogP contribution in [0.5, 0.6) is 0 Å². The number of urea groups is 1. The second-order valence-corrected chi connectivity index (χ2v) is 10.0. The average Bonchev–Trinajstić information content (AvgIpc) is 3.55. The summed E-state index contributed by atoms with van der Waals surface area (Å²) >= 11 is 0. The van der Waals surface area contributed by atoms with Crippen LogP contribution in [0, 0.1) is 17.7 Å². The summed E-state index contributed by atoms with van der Waals surface area (Å²) in [7, 11) is 0. The molecule has 7 heteroatoms. The number of nitrogens with zero attached hydrogens (tertiary/aromatic N) is 2. The number of rotatable bonds is 6. The lowest BCUT2D eigenvalue weighted by molar-refractivity contribution is 0.246. The third-order valence-corrected chi connectivity index (χ3v) is 7.73. The van der Waals surface area contributed by atoms with Crippen LogP contribution in [0.4, 0.5) is 20.6 Å². The summed E-state index contributed by atoms with van der Waals surface area (Å²) in [4.78, 5) is 17.0. The monoisotopic (exact) mass is 507 g/mol. The molecular weight excluding hydrogens is 477 g/mol. The minimum absolute atomic E-state index is 0.131. The van der Waals surface area contributed by atoms with E-state index in [1.807, 2.05) is 29.3 Å². The second-order valence-electron chi connectivity index (χ2n) is 10.0. The van der Waals surface area contributed by atoms with Gasteiger partial charge in [0.2, 0.25) is 0 Å². The van der Waals surface area contributed by atoms with E-state index in [-0.39, 0.29) is 23.8 Å². The van der Waals surface area contributed by atoms with Crippen molar-refractivity contribution in [1.29, 1.82) is 0 Å². The molecule has 0 fully saturated rings. The maximum Gasteiger partial charge on any atom is 0.319 e. The quantitative estimate of drug-likeness (QED) is 0.351. The second kappa shape index (κ2) is 10.2. The summed E-state index contributed by atoms with van der Waals surface area (Å²) in [5, 5.41) is 8.15. The molecule has 3 atom stereocenters. The van der Waals surface area contributed by atoms with Crippen LogP contribution >= 0.6 is 0 Å². The molecule has 0 bridgehead atoms. The zero-order valence-electron chi connectivity index (χ0n) is 21.2. The highest BCUT2D eigenvalue weighted by molar-refractivity contribution is 5.89. The van der Waals surface area contributed by atoms with Gasteiger partial charge < -0.3 is 16.1 Å². The van der Waals surface area contributed by atoms with Crippen LogP contribution in [0.2, 0.25) is 0 Å². The first kappa shape index (κ1) is 24.0. The number of hydrogen-bond donors (Lipinski definition) is 3. The summed E-state index contributed by atoms with van der Waals surface area (Å²) in [5.74, 6) is 0.352. The smallest absolute Gasteiger partial charge is 0.319 e. The van der Waals surface area contributed by atoms with Crippen LogP contribution in [-0.4, -0.2) is 11.0 Å². The molecule has 1 aromatic heterocycles. The molecule has 0 spiro atoms. The molecule has 1 aliphatic heterocycles. The van der Waals surface area contributed by atoms with Crippen molar-refractivity contribution >= 4 is 17.4 Å². The molecule has 0 saturated carbocycles. The summed E-state index contributed by atoms with van der Waals surface area (Å²) in [6, 6.07) is 20.0. The van der Waals surface area contributed by atoms with Crippen molar-refractivity contribution in [3.63, 3.8) is 0 Å². The highest BCUT2D eigenvalue weighted by Crippen LogP contribution is 2.49. The van der Waals surface area contributed by atoms with Gasteiger partial charge in [-0.05, 0) is 78.8 Å². The van der Waals surface area contributed by atoms with E-state index in [2.05, 4.69) is 52.4 Å². The highest BCUT2D eigenvalue weighted by atomic mass is 19.1. The molecule has 2 amide bonds. The summed E-state index contributed by atoms with van der Waals surface area (Å²) < 4.78 is 13.5. The fourth-order valence-electron chi connectivity index (χ4n) is 5.97. The molecule has 0 radical (unpaired) electrons. The molecule has 2 aliphatic carbocycles. The van der Waals surface area contributed by atoms with E-state index in [1.165, 1.54) is 28.9 Å². The molecule has 2 aromatic carbocycles. The Labute approximate surface area is 221 Å². The fourth-order valence-corrected chi connectivity index (χ4v) is 5.97. The van der Waals surface area contributed by atoms with Gasteiger partial charge >= 0.3 is 6.03 Å². The lowest BCUT2D eigenvalue weighted by Gasteiger charge is -2.31. The molecule has 3 aromatic rings. The summed E-state index contributed by atoms with van der Waals surface area (Å²) in [6.07, 6.45) is 10.5. The van der Waals surface area contributed by atoms with Crippen molar-refractivity contribution < 1.29 is 9.18 Å². The molecule has 0 saturated heterocycles. The predicted octanol–water partition coefficient (Wildman–Crippen LogP) is 6.62. The molecule has 192 valence electrons. The van der Waals surface area contributed by atoms with Crippen LogP contribution < -0.4 is 21.1 Å². The number of carbonyl (C=O) groups is 1. The van der Waals surface area contributed by atoms with Crippen molar-refractivity contribution in [3.8, 4) is 0 Å². The van der Waals surface area contributed by atoms with E-state index in [0.717, 1.165) is 36.2 Å².